The van der Waals surface area contributed by atoms with E-state index in [1.807, 2.05) is 19.1 Å². The van der Waals surface area contributed by atoms with Gasteiger partial charge in [-0.1, -0.05) is 12.6 Å². The summed E-state index contributed by atoms with van der Waals surface area (Å²) in [5.74, 6) is 0.457. The van der Waals surface area contributed by atoms with Crippen LogP contribution in [0, 0.1) is 6.92 Å². The Morgan fingerprint density at radius 1 is 1.42 bits per heavy atom. The first-order chi connectivity index (χ1) is 12.2. The predicted molar refractivity (Wildman–Crippen MR) is 98.3 cm³/mol. The third kappa shape index (κ3) is 1.85. The number of likely N-dealkylation sites (N-methyl/N-ethyl adjacent to an activating group) is 1. The number of carbonyl (C=O) groups excluding carboxylic acids is 1. The lowest BCUT2D eigenvalue weighted by atomic mass is 9.52. The lowest BCUT2D eigenvalue weighted by molar-refractivity contribution is -0.941. The highest BCUT2D eigenvalue weighted by atomic mass is 16.5. The molecule has 2 N–H and O–H groups in total. The zero-order chi connectivity index (χ0) is 18.9. The molecule has 1 saturated heterocycles. The number of hydrogen-bond donors (Lipinski definition) is 2. The van der Waals surface area contributed by atoms with Gasteiger partial charge in [0.2, 0.25) is 0 Å². The smallest absolute Gasteiger partial charge is 0.174 e. The van der Waals surface area contributed by atoms with E-state index in [0.29, 0.717) is 29.5 Å². The summed E-state index contributed by atoms with van der Waals surface area (Å²) < 4.78 is 6.74. The molecule has 4 rings (SSSR count). The fraction of sp³-hybridized carbons (Fsp3) is 0.571. The number of benzene rings is 1. The topological polar surface area (TPSA) is 66.8 Å². The van der Waals surface area contributed by atoms with E-state index in [9.17, 15) is 15.0 Å². The monoisotopic (exact) mass is 358 g/mol. The van der Waals surface area contributed by atoms with Crippen molar-refractivity contribution in [1.82, 2.24) is 0 Å². The van der Waals surface area contributed by atoms with E-state index < -0.39 is 17.1 Å². The van der Waals surface area contributed by atoms with Crippen LogP contribution in [0.5, 0.6) is 11.5 Å². The Bertz CT molecular complexity index is 805. The molecular formula is C21H28NO4+. The molecule has 1 aliphatic carbocycles. The highest BCUT2D eigenvalue weighted by molar-refractivity contribution is 5.89. The molecule has 5 heteroatoms. The van der Waals surface area contributed by atoms with E-state index in [1.54, 1.807) is 6.07 Å². The summed E-state index contributed by atoms with van der Waals surface area (Å²) >= 11 is 0. The maximum absolute atomic E-state index is 12.8. The minimum absolute atomic E-state index is 0.0247. The Balaban J connectivity index is 1.97. The van der Waals surface area contributed by atoms with Crippen LogP contribution in [0.1, 0.15) is 37.3 Å². The van der Waals surface area contributed by atoms with Crippen LogP contribution < -0.4 is 4.74 Å². The molecule has 0 bridgehead atoms. The van der Waals surface area contributed by atoms with Crippen LogP contribution in [0.4, 0.5) is 0 Å². The van der Waals surface area contributed by atoms with Gasteiger partial charge < -0.3 is 19.4 Å². The molecule has 0 radical (unpaired) electrons. The van der Waals surface area contributed by atoms with E-state index in [-0.39, 0.29) is 17.6 Å². The Hall–Kier alpha value is -1.85. The number of ether oxygens (including phenoxy) is 1. The van der Waals surface area contributed by atoms with Crippen molar-refractivity contribution in [3.8, 4) is 11.5 Å². The maximum Gasteiger partial charge on any atom is 0.174 e. The third-order valence-electron chi connectivity index (χ3n) is 7.48. The number of likely N-dealkylation sites (tertiary alicyclic amines) is 1. The van der Waals surface area contributed by atoms with Gasteiger partial charge in [-0.05, 0) is 38.0 Å². The van der Waals surface area contributed by atoms with Gasteiger partial charge in [0.05, 0.1) is 25.6 Å². The van der Waals surface area contributed by atoms with Crippen molar-refractivity contribution in [2.24, 2.45) is 0 Å². The van der Waals surface area contributed by atoms with Crippen LogP contribution in [-0.4, -0.2) is 58.4 Å². The summed E-state index contributed by atoms with van der Waals surface area (Å²) in [6.45, 7) is 9.52. The first-order valence-corrected chi connectivity index (χ1v) is 9.41. The van der Waals surface area contributed by atoms with E-state index in [4.69, 9.17) is 4.74 Å². The van der Waals surface area contributed by atoms with Crippen LogP contribution in [-0.2, 0) is 10.2 Å². The van der Waals surface area contributed by atoms with Gasteiger partial charge in [-0.2, -0.15) is 0 Å². The van der Waals surface area contributed by atoms with Gasteiger partial charge in [-0.25, -0.2) is 0 Å². The average Bonchev–Trinajstić information content (AvgIpc) is 2.97. The molecule has 2 heterocycles. The Labute approximate surface area is 154 Å². The predicted octanol–water partition coefficient (Wildman–Crippen LogP) is 2.22. The average molecular weight is 358 g/mol. The van der Waals surface area contributed by atoms with Gasteiger partial charge in [-0.15, -0.1) is 0 Å². The molecule has 0 aromatic heterocycles. The second-order valence-corrected chi connectivity index (χ2v) is 8.57. The van der Waals surface area contributed by atoms with Crippen molar-refractivity contribution in [3.63, 3.8) is 0 Å². The number of phenols is 1. The van der Waals surface area contributed by atoms with Crippen molar-refractivity contribution < 1.29 is 24.2 Å². The number of hydrogen-bond acceptors (Lipinski definition) is 4. The largest absolute Gasteiger partial charge is 0.504 e. The van der Waals surface area contributed by atoms with Crippen molar-refractivity contribution in [2.45, 2.75) is 56.3 Å². The second-order valence-electron chi connectivity index (χ2n) is 8.57. The highest BCUT2D eigenvalue weighted by Gasteiger charge is 2.73. The van der Waals surface area contributed by atoms with Crippen LogP contribution >= 0.6 is 0 Å². The quantitative estimate of drug-likeness (QED) is 0.628. The number of aryl methyl sites for hydroxylation is 1. The molecule has 2 aliphatic heterocycles. The molecule has 1 aromatic carbocycles. The van der Waals surface area contributed by atoms with Crippen LogP contribution in [0.3, 0.4) is 0 Å². The number of aromatic hydroxyl groups is 1. The van der Waals surface area contributed by atoms with Gasteiger partial charge in [0, 0.05) is 18.4 Å². The SMILES string of the molecule is C=CC[N+]1(C)CC[C@]23c4c(C)ccc(O)c4O[C@H]2C(=O)CC[C@@]3(O)[C@H]1C. The molecule has 0 amide bonds. The second kappa shape index (κ2) is 5.33. The zero-order valence-corrected chi connectivity index (χ0v) is 15.8. The number of rotatable bonds is 2. The summed E-state index contributed by atoms with van der Waals surface area (Å²) in [5.41, 5.74) is -0.0836. The molecule has 1 saturated carbocycles. The summed E-state index contributed by atoms with van der Waals surface area (Å²) in [6, 6.07) is 3.38. The van der Waals surface area contributed by atoms with Crippen molar-refractivity contribution in [3.05, 3.63) is 35.9 Å². The molecule has 3 aliphatic rings. The number of quaternary nitrogens is 1. The number of ketones is 1. The summed E-state index contributed by atoms with van der Waals surface area (Å²) in [6.07, 6.45) is 2.55. The summed E-state index contributed by atoms with van der Waals surface area (Å²) in [5, 5.41) is 22.5. The van der Waals surface area contributed by atoms with Gasteiger partial charge in [-0.3, -0.25) is 4.79 Å². The number of carbonyl (C=O) groups is 1. The fourth-order valence-corrected chi connectivity index (χ4v) is 5.88. The molecule has 5 atom stereocenters. The number of aliphatic hydroxyl groups is 1. The number of phenolic OH excluding ortho intramolecular Hbond substituents is 1. The normalized spacial score (nSPS) is 41.0. The zero-order valence-electron chi connectivity index (χ0n) is 15.8. The first-order valence-electron chi connectivity index (χ1n) is 9.41. The molecule has 2 fully saturated rings. The molecule has 26 heavy (non-hydrogen) atoms. The first kappa shape index (κ1) is 17.6. The number of Topliss-reactive ketones (excluding diaryl/α,β-unsaturated/α-hetero) is 1. The van der Waals surface area contributed by atoms with Gasteiger partial charge in [0.25, 0.3) is 0 Å². The van der Waals surface area contributed by atoms with E-state index in [0.717, 1.165) is 24.2 Å². The summed E-state index contributed by atoms with van der Waals surface area (Å²) in [7, 11) is 2.15. The standard InChI is InChI=1S/C21H27NO4/c1-5-11-22(4)12-10-20-17-13(2)6-7-15(23)18(17)26-19(20)16(24)8-9-21(20,25)14(22)3/h5-7,14,19,25H,1,8-12H2,2-4H3/p+1/t14-,19+,20+,21-,22?/m1/s1. The van der Waals surface area contributed by atoms with Gasteiger partial charge >= 0.3 is 0 Å². The van der Waals surface area contributed by atoms with E-state index in [2.05, 4.69) is 20.6 Å². The molecule has 140 valence electrons. The fourth-order valence-electron chi connectivity index (χ4n) is 5.88. The number of nitrogens with zero attached hydrogens (tertiary/aromatic N) is 1. The molecule has 1 aromatic rings. The van der Waals surface area contributed by atoms with Crippen LogP contribution in [0.25, 0.3) is 0 Å². The minimum atomic E-state index is -1.08. The number of piperidine rings is 1. The van der Waals surface area contributed by atoms with Crippen LogP contribution in [0.2, 0.25) is 0 Å². The molecule has 1 unspecified atom stereocenters. The van der Waals surface area contributed by atoms with E-state index >= 15 is 0 Å². The minimum Gasteiger partial charge on any atom is -0.504 e. The van der Waals surface area contributed by atoms with Crippen molar-refractivity contribution >= 4 is 5.78 Å². The molecule has 5 nitrogen and oxygen atoms in total. The molecular weight excluding hydrogens is 330 g/mol. The van der Waals surface area contributed by atoms with Gasteiger partial charge in [0.1, 0.15) is 11.6 Å². The Kier molecular flexibility index (Phi) is 3.60. The van der Waals surface area contributed by atoms with Crippen molar-refractivity contribution in [1.29, 1.82) is 0 Å². The van der Waals surface area contributed by atoms with Crippen molar-refractivity contribution in [2.75, 3.05) is 20.1 Å². The van der Waals surface area contributed by atoms with E-state index in [1.165, 1.54) is 0 Å². The Morgan fingerprint density at radius 2 is 2.15 bits per heavy atom. The van der Waals surface area contributed by atoms with Gasteiger partial charge in [0.15, 0.2) is 23.4 Å². The number of fused-ring (bicyclic) bond motifs is 1. The third-order valence-corrected chi connectivity index (χ3v) is 7.48. The lowest BCUT2D eigenvalue weighted by Crippen LogP contribution is -2.78. The maximum atomic E-state index is 12.8. The summed E-state index contributed by atoms with van der Waals surface area (Å²) in [4.78, 5) is 12.8. The van der Waals surface area contributed by atoms with Crippen LogP contribution in [0.15, 0.2) is 24.8 Å². The Morgan fingerprint density at radius 3 is 2.85 bits per heavy atom. The lowest BCUT2D eigenvalue weighted by Gasteiger charge is -2.61. The highest BCUT2D eigenvalue weighted by Crippen LogP contribution is 2.62. The molecule has 1 spiro atoms.